The van der Waals surface area contributed by atoms with Crippen molar-refractivity contribution in [1.82, 2.24) is 4.57 Å². The van der Waals surface area contributed by atoms with E-state index in [9.17, 15) is 9.59 Å². The second-order valence-corrected chi connectivity index (χ2v) is 6.81. The lowest BCUT2D eigenvalue weighted by atomic mass is 10.1. The van der Waals surface area contributed by atoms with Crippen LogP contribution < -0.4 is 11.5 Å². The molecule has 2 amide bonds. The number of amides is 2. The minimum atomic E-state index is -0.481. The largest absolute Gasteiger partial charge is 0.366 e. The summed E-state index contributed by atoms with van der Waals surface area (Å²) >= 11 is 6.22. The zero-order valence-electron chi connectivity index (χ0n) is 14.3. The van der Waals surface area contributed by atoms with Gasteiger partial charge in [0, 0.05) is 33.5 Å². The molecule has 134 valence electrons. The Morgan fingerprint density at radius 2 is 1.67 bits per heavy atom. The van der Waals surface area contributed by atoms with Gasteiger partial charge in [0.2, 0.25) is 11.8 Å². The number of hydrogen-bond donors (Lipinski definition) is 2. The molecule has 0 saturated heterocycles. The molecule has 5 nitrogen and oxygen atoms in total. The van der Waals surface area contributed by atoms with E-state index in [0.717, 1.165) is 27.4 Å². The summed E-state index contributed by atoms with van der Waals surface area (Å²) in [7, 11) is 0. The molecule has 0 bridgehead atoms. The number of carbonyl (C=O) groups excluding carboxylic acids is 2. The summed E-state index contributed by atoms with van der Waals surface area (Å²) in [6.45, 7) is 0.490. The van der Waals surface area contributed by atoms with Crippen molar-refractivity contribution in [1.29, 1.82) is 0 Å². The molecule has 0 aliphatic rings. The van der Waals surface area contributed by atoms with E-state index >= 15 is 0 Å². The maximum atomic E-state index is 11.9. The van der Waals surface area contributed by atoms with Gasteiger partial charge in [-0.05, 0) is 42.0 Å². The molecule has 3 aromatic carbocycles. The Hall–Kier alpha value is -3.31. The molecule has 0 aliphatic carbocycles. The maximum absolute atomic E-state index is 11.9. The first kappa shape index (κ1) is 17.1. The number of carbonyl (C=O) groups is 2. The number of nitrogens with two attached hydrogens (primary N) is 2. The van der Waals surface area contributed by atoms with E-state index in [1.54, 1.807) is 36.4 Å². The normalized spacial score (nSPS) is 11.1. The standard InChI is InChI=1S/C21H16ClN3O2/c22-14-7-8-15-18(10-14)25(11-12-3-1-4-13(9-12)20(23)26)17-6-2-5-16(19(15)17)21(24)27/h1-10H,11H2,(H2,23,26)(H2,24,27). The van der Waals surface area contributed by atoms with Crippen LogP contribution in [0.1, 0.15) is 26.3 Å². The van der Waals surface area contributed by atoms with Crippen LogP contribution in [0.15, 0.2) is 60.7 Å². The van der Waals surface area contributed by atoms with Crippen LogP contribution in [0.5, 0.6) is 0 Å². The van der Waals surface area contributed by atoms with Gasteiger partial charge in [-0.3, -0.25) is 9.59 Å². The maximum Gasteiger partial charge on any atom is 0.249 e. The molecule has 1 heterocycles. The molecule has 6 heteroatoms. The summed E-state index contributed by atoms with van der Waals surface area (Å²) in [6.07, 6.45) is 0. The third kappa shape index (κ3) is 2.92. The third-order valence-corrected chi connectivity index (χ3v) is 4.91. The summed E-state index contributed by atoms with van der Waals surface area (Å²) in [4.78, 5) is 23.4. The van der Waals surface area contributed by atoms with Crippen LogP contribution in [0.25, 0.3) is 21.8 Å². The van der Waals surface area contributed by atoms with E-state index in [-0.39, 0.29) is 0 Å². The summed E-state index contributed by atoms with van der Waals surface area (Å²) in [5, 5.41) is 2.29. The first-order valence-corrected chi connectivity index (χ1v) is 8.72. The highest BCUT2D eigenvalue weighted by Crippen LogP contribution is 2.33. The van der Waals surface area contributed by atoms with Gasteiger partial charge in [-0.2, -0.15) is 0 Å². The molecule has 4 N–H and O–H groups in total. The van der Waals surface area contributed by atoms with E-state index in [1.807, 2.05) is 24.3 Å². The van der Waals surface area contributed by atoms with Gasteiger partial charge in [-0.1, -0.05) is 35.9 Å². The zero-order chi connectivity index (χ0) is 19.1. The molecule has 4 rings (SSSR count). The van der Waals surface area contributed by atoms with Crippen LogP contribution in [0.2, 0.25) is 5.02 Å². The topological polar surface area (TPSA) is 91.1 Å². The molecule has 27 heavy (non-hydrogen) atoms. The average molecular weight is 378 g/mol. The third-order valence-electron chi connectivity index (χ3n) is 4.67. The quantitative estimate of drug-likeness (QED) is 0.567. The lowest BCUT2D eigenvalue weighted by molar-refractivity contribution is 0.0992. The lowest BCUT2D eigenvalue weighted by Gasteiger charge is -2.09. The van der Waals surface area contributed by atoms with E-state index < -0.39 is 11.8 Å². The van der Waals surface area contributed by atoms with Crippen molar-refractivity contribution in [2.75, 3.05) is 0 Å². The Morgan fingerprint density at radius 3 is 2.41 bits per heavy atom. The van der Waals surface area contributed by atoms with Gasteiger partial charge in [0.1, 0.15) is 0 Å². The van der Waals surface area contributed by atoms with Crippen molar-refractivity contribution in [3.05, 3.63) is 82.4 Å². The van der Waals surface area contributed by atoms with Crippen LogP contribution in [0.3, 0.4) is 0 Å². The van der Waals surface area contributed by atoms with Gasteiger partial charge in [0.05, 0.1) is 11.0 Å². The van der Waals surface area contributed by atoms with E-state index in [4.69, 9.17) is 23.1 Å². The highest BCUT2D eigenvalue weighted by atomic mass is 35.5. The zero-order valence-corrected chi connectivity index (χ0v) is 15.0. The smallest absolute Gasteiger partial charge is 0.249 e. The summed E-state index contributed by atoms with van der Waals surface area (Å²) in [5.74, 6) is -0.955. The van der Waals surface area contributed by atoms with Crippen molar-refractivity contribution in [3.8, 4) is 0 Å². The van der Waals surface area contributed by atoms with Crippen LogP contribution in [-0.4, -0.2) is 16.4 Å². The second kappa shape index (κ2) is 6.45. The van der Waals surface area contributed by atoms with Gasteiger partial charge >= 0.3 is 0 Å². The molecule has 1 aromatic heterocycles. The minimum absolute atomic E-state index is 0.448. The number of primary amides is 2. The number of benzene rings is 3. The first-order valence-electron chi connectivity index (χ1n) is 8.34. The van der Waals surface area contributed by atoms with Crippen LogP contribution in [-0.2, 0) is 6.54 Å². The van der Waals surface area contributed by atoms with Crippen molar-refractivity contribution in [2.45, 2.75) is 6.54 Å². The highest BCUT2D eigenvalue weighted by Gasteiger charge is 2.17. The van der Waals surface area contributed by atoms with Gasteiger partial charge in [-0.25, -0.2) is 0 Å². The Kier molecular flexibility index (Phi) is 4.09. The fourth-order valence-corrected chi connectivity index (χ4v) is 3.66. The van der Waals surface area contributed by atoms with E-state index in [1.165, 1.54) is 0 Å². The fourth-order valence-electron chi connectivity index (χ4n) is 3.50. The number of aromatic nitrogens is 1. The second-order valence-electron chi connectivity index (χ2n) is 6.38. The van der Waals surface area contributed by atoms with Crippen LogP contribution >= 0.6 is 11.6 Å². The van der Waals surface area contributed by atoms with Crippen molar-refractivity contribution in [2.24, 2.45) is 11.5 Å². The molecular formula is C21H16ClN3O2. The molecule has 4 aromatic rings. The molecule has 0 radical (unpaired) electrons. The average Bonchev–Trinajstić information content (AvgIpc) is 2.95. The fraction of sp³-hybridized carbons (Fsp3) is 0.0476. The SMILES string of the molecule is NC(=O)c1cccc(Cn2c3cc(Cl)ccc3c3c(C(N)=O)cccc32)c1. The molecule has 0 spiro atoms. The molecule has 0 atom stereocenters. The number of fused-ring (bicyclic) bond motifs is 3. The molecule has 0 saturated carbocycles. The number of nitrogens with zero attached hydrogens (tertiary/aromatic N) is 1. The van der Waals surface area contributed by atoms with Crippen LogP contribution in [0, 0.1) is 0 Å². The van der Waals surface area contributed by atoms with Gasteiger partial charge in [0.15, 0.2) is 0 Å². The Labute approximate surface area is 160 Å². The molecule has 0 aliphatic heterocycles. The lowest BCUT2D eigenvalue weighted by Crippen LogP contribution is -2.12. The summed E-state index contributed by atoms with van der Waals surface area (Å²) in [6, 6.07) is 18.2. The highest BCUT2D eigenvalue weighted by molar-refractivity contribution is 6.32. The number of halogens is 1. The van der Waals surface area contributed by atoms with E-state index in [2.05, 4.69) is 4.57 Å². The molecular weight excluding hydrogens is 362 g/mol. The van der Waals surface area contributed by atoms with Crippen molar-refractivity contribution >= 4 is 45.2 Å². The van der Waals surface area contributed by atoms with Gasteiger partial charge in [0.25, 0.3) is 0 Å². The summed E-state index contributed by atoms with van der Waals surface area (Å²) < 4.78 is 2.06. The van der Waals surface area contributed by atoms with Crippen molar-refractivity contribution in [3.63, 3.8) is 0 Å². The molecule has 0 fully saturated rings. The van der Waals surface area contributed by atoms with E-state index in [0.29, 0.717) is 22.7 Å². The minimum Gasteiger partial charge on any atom is -0.366 e. The van der Waals surface area contributed by atoms with Gasteiger partial charge in [-0.15, -0.1) is 0 Å². The molecule has 0 unspecified atom stereocenters. The van der Waals surface area contributed by atoms with Gasteiger partial charge < -0.3 is 16.0 Å². The Balaban J connectivity index is 2.00. The van der Waals surface area contributed by atoms with Crippen LogP contribution in [0.4, 0.5) is 0 Å². The Morgan fingerprint density at radius 1 is 0.889 bits per heavy atom. The number of rotatable bonds is 4. The predicted octanol–water partition coefficient (Wildman–Crippen LogP) is 3.69. The van der Waals surface area contributed by atoms with Crippen molar-refractivity contribution < 1.29 is 9.59 Å². The Bertz CT molecular complexity index is 1230. The monoisotopic (exact) mass is 377 g/mol. The predicted molar refractivity (Wildman–Crippen MR) is 107 cm³/mol. The number of hydrogen-bond acceptors (Lipinski definition) is 2. The first-order chi connectivity index (χ1) is 13.0. The summed E-state index contributed by atoms with van der Waals surface area (Å²) in [5.41, 5.74) is 14.6.